The van der Waals surface area contributed by atoms with E-state index in [1.54, 1.807) is 6.07 Å². The molecule has 0 amide bonds. The van der Waals surface area contributed by atoms with Crippen LogP contribution in [0.1, 0.15) is 31.2 Å². The minimum Gasteiger partial charge on any atom is -0.448 e. The Kier molecular flexibility index (Phi) is 4.03. The van der Waals surface area contributed by atoms with Gasteiger partial charge in [-0.05, 0) is 49.2 Å². The third kappa shape index (κ3) is 3.43. The van der Waals surface area contributed by atoms with Crippen molar-refractivity contribution in [2.45, 2.75) is 42.5 Å². The molecule has 9 heteroatoms. The third-order valence-electron chi connectivity index (χ3n) is 4.65. The normalized spacial score (nSPS) is 18.0. The van der Waals surface area contributed by atoms with Crippen LogP contribution in [0.4, 0.5) is 18.9 Å². The Morgan fingerprint density at radius 2 is 1.56 bits per heavy atom. The molecule has 1 saturated carbocycles. The summed E-state index contributed by atoms with van der Waals surface area (Å²) in [5.41, 5.74) is -0.668. The highest BCUT2D eigenvalue weighted by molar-refractivity contribution is 7.92. The van der Waals surface area contributed by atoms with Crippen molar-refractivity contribution in [2.24, 2.45) is 0 Å². The SMILES string of the molecule is O=S(=O)(Nc1ccc2c(c1)OC1(CCCC1)O2)c1ccc(C(F)(F)F)cc1. The molecule has 1 aliphatic carbocycles. The summed E-state index contributed by atoms with van der Waals surface area (Å²) in [7, 11) is -4.03. The van der Waals surface area contributed by atoms with Gasteiger partial charge in [-0.1, -0.05) is 0 Å². The number of hydrogen-bond donors (Lipinski definition) is 1. The van der Waals surface area contributed by atoms with Gasteiger partial charge in [-0.2, -0.15) is 13.2 Å². The quantitative estimate of drug-likeness (QED) is 0.823. The van der Waals surface area contributed by atoms with Gasteiger partial charge in [0.15, 0.2) is 11.5 Å². The molecular formula is C18H16F3NO4S. The Hall–Kier alpha value is -2.42. The summed E-state index contributed by atoms with van der Waals surface area (Å²) in [4.78, 5) is -0.263. The molecule has 1 aliphatic heterocycles. The minimum atomic E-state index is -4.52. The lowest BCUT2D eigenvalue weighted by Crippen LogP contribution is -2.34. The molecule has 2 aliphatic rings. The van der Waals surface area contributed by atoms with Gasteiger partial charge in [0.05, 0.1) is 16.1 Å². The van der Waals surface area contributed by atoms with Crippen LogP contribution in [0.15, 0.2) is 47.4 Å². The van der Waals surface area contributed by atoms with Gasteiger partial charge in [0, 0.05) is 18.9 Å². The maximum atomic E-state index is 12.6. The van der Waals surface area contributed by atoms with Gasteiger partial charge in [-0.15, -0.1) is 0 Å². The van der Waals surface area contributed by atoms with Crippen molar-refractivity contribution in [3.63, 3.8) is 0 Å². The summed E-state index contributed by atoms with van der Waals surface area (Å²) >= 11 is 0. The van der Waals surface area contributed by atoms with E-state index in [1.807, 2.05) is 0 Å². The first-order valence-corrected chi connectivity index (χ1v) is 9.87. The first kappa shape index (κ1) is 18.0. The highest BCUT2D eigenvalue weighted by Crippen LogP contribution is 2.47. The van der Waals surface area contributed by atoms with Crippen molar-refractivity contribution in [3.05, 3.63) is 48.0 Å². The van der Waals surface area contributed by atoms with Crippen LogP contribution in [0, 0.1) is 0 Å². The van der Waals surface area contributed by atoms with Crippen LogP contribution in [-0.2, 0) is 16.2 Å². The number of halogens is 3. The Labute approximate surface area is 154 Å². The van der Waals surface area contributed by atoms with Gasteiger partial charge in [-0.25, -0.2) is 8.42 Å². The van der Waals surface area contributed by atoms with E-state index in [9.17, 15) is 21.6 Å². The van der Waals surface area contributed by atoms with E-state index >= 15 is 0 Å². The van der Waals surface area contributed by atoms with Crippen LogP contribution in [0.25, 0.3) is 0 Å². The molecule has 27 heavy (non-hydrogen) atoms. The Morgan fingerprint density at radius 1 is 0.926 bits per heavy atom. The van der Waals surface area contributed by atoms with E-state index in [2.05, 4.69) is 4.72 Å². The molecule has 1 N–H and O–H groups in total. The fourth-order valence-corrected chi connectivity index (χ4v) is 4.36. The van der Waals surface area contributed by atoms with E-state index in [4.69, 9.17) is 9.47 Å². The number of anilines is 1. The molecule has 0 unspecified atom stereocenters. The summed E-state index contributed by atoms with van der Waals surface area (Å²) in [5, 5.41) is 0. The van der Waals surface area contributed by atoms with Gasteiger partial charge in [0.25, 0.3) is 15.8 Å². The van der Waals surface area contributed by atoms with Crippen molar-refractivity contribution < 1.29 is 31.1 Å². The Balaban J connectivity index is 1.54. The molecule has 0 aromatic heterocycles. The van der Waals surface area contributed by atoms with Crippen molar-refractivity contribution in [3.8, 4) is 11.5 Å². The molecule has 2 aromatic carbocycles. The van der Waals surface area contributed by atoms with Crippen molar-refractivity contribution >= 4 is 15.7 Å². The summed E-state index contributed by atoms with van der Waals surface area (Å²) in [6.07, 6.45) is -0.978. The fraction of sp³-hybridized carbons (Fsp3) is 0.333. The average molecular weight is 399 g/mol. The molecule has 1 spiro atoms. The van der Waals surface area contributed by atoms with Gasteiger partial charge in [0.2, 0.25) is 0 Å². The van der Waals surface area contributed by atoms with Gasteiger partial charge in [-0.3, -0.25) is 4.72 Å². The second-order valence-corrected chi connectivity index (χ2v) is 8.29. The number of rotatable bonds is 3. The maximum Gasteiger partial charge on any atom is 0.416 e. The van der Waals surface area contributed by atoms with Crippen LogP contribution in [-0.4, -0.2) is 14.2 Å². The van der Waals surface area contributed by atoms with Crippen LogP contribution in [0.2, 0.25) is 0 Å². The average Bonchev–Trinajstić information content (AvgIpc) is 3.19. The van der Waals surface area contributed by atoms with E-state index in [1.165, 1.54) is 12.1 Å². The van der Waals surface area contributed by atoms with E-state index in [0.717, 1.165) is 49.9 Å². The summed E-state index contributed by atoms with van der Waals surface area (Å²) < 4.78 is 76.9. The second kappa shape index (κ2) is 6.05. The lowest BCUT2D eigenvalue weighted by Gasteiger charge is -2.21. The maximum absolute atomic E-state index is 12.6. The molecule has 2 aromatic rings. The topological polar surface area (TPSA) is 64.6 Å². The molecular weight excluding hydrogens is 383 g/mol. The molecule has 0 atom stereocenters. The fourth-order valence-electron chi connectivity index (χ4n) is 3.31. The van der Waals surface area contributed by atoms with Crippen LogP contribution >= 0.6 is 0 Å². The van der Waals surface area contributed by atoms with Crippen LogP contribution < -0.4 is 14.2 Å². The third-order valence-corrected chi connectivity index (χ3v) is 6.04. The number of benzene rings is 2. The van der Waals surface area contributed by atoms with Crippen LogP contribution in [0.3, 0.4) is 0 Å². The van der Waals surface area contributed by atoms with Crippen molar-refractivity contribution in [1.29, 1.82) is 0 Å². The summed E-state index contributed by atoms with van der Waals surface area (Å²) in [6, 6.07) is 7.97. The van der Waals surface area contributed by atoms with Crippen molar-refractivity contribution in [2.75, 3.05) is 4.72 Å². The number of fused-ring (bicyclic) bond motifs is 1. The van der Waals surface area contributed by atoms with E-state index in [-0.39, 0.29) is 10.6 Å². The predicted molar refractivity (Wildman–Crippen MR) is 91.1 cm³/mol. The lowest BCUT2D eigenvalue weighted by molar-refractivity contribution is -0.137. The lowest BCUT2D eigenvalue weighted by atomic mass is 10.2. The Morgan fingerprint density at radius 3 is 2.19 bits per heavy atom. The molecule has 0 radical (unpaired) electrons. The number of ether oxygens (including phenoxy) is 2. The number of sulfonamides is 1. The standard InChI is InChI=1S/C18H16F3NO4S/c19-18(20,21)12-3-6-14(7-4-12)27(23,24)22-13-5-8-15-16(11-13)26-17(25-15)9-1-2-10-17/h3-8,11,22H,1-2,9-10H2. The molecule has 0 saturated heterocycles. The number of alkyl halides is 3. The first-order valence-electron chi connectivity index (χ1n) is 8.39. The first-order chi connectivity index (χ1) is 12.7. The molecule has 1 fully saturated rings. The molecule has 144 valence electrons. The van der Waals surface area contributed by atoms with Crippen LogP contribution in [0.5, 0.6) is 11.5 Å². The highest BCUT2D eigenvalue weighted by Gasteiger charge is 2.44. The van der Waals surface area contributed by atoms with Gasteiger partial charge >= 0.3 is 6.18 Å². The highest BCUT2D eigenvalue weighted by atomic mass is 32.2. The van der Waals surface area contributed by atoms with Gasteiger partial charge < -0.3 is 9.47 Å². The summed E-state index contributed by atoms with van der Waals surface area (Å²) in [5.74, 6) is 0.340. The monoisotopic (exact) mass is 399 g/mol. The zero-order valence-corrected chi connectivity index (χ0v) is 14.9. The molecule has 5 nitrogen and oxygen atoms in total. The molecule has 1 heterocycles. The van der Waals surface area contributed by atoms with Gasteiger partial charge in [0.1, 0.15) is 0 Å². The van der Waals surface area contributed by atoms with E-state index < -0.39 is 27.6 Å². The summed E-state index contributed by atoms with van der Waals surface area (Å²) in [6.45, 7) is 0. The smallest absolute Gasteiger partial charge is 0.416 e. The Bertz CT molecular complexity index is 965. The van der Waals surface area contributed by atoms with Crippen molar-refractivity contribution in [1.82, 2.24) is 0 Å². The number of nitrogens with one attached hydrogen (secondary N) is 1. The van der Waals surface area contributed by atoms with E-state index in [0.29, 0.717) is 11.5 Å². The zero-order chi connectivity index (χ0) is 19.3. The zero-order valence-electron chi connectivity index (χ0n) is 14.0. The minimum absolute atomic E-state index is 0.243. The molecule has 4 rings (SSSR count). The largest absolute Gasteiger partial charge is 0.448 e. The second-order valence-electron chi connectivity index (χ2n) is 6.61. The predicted octanol–water partition coefficient (Wildman–Crippen LogP) is 4.55. The number of hydrogen-bond acceptors (Lipinski definition) is 4. The molecule has 0 bridgehead atoms.